The van der Waals surface area contributed by atoms with Crippen LogP contribution in [0.4, 0.5) is 0 Å². The molecule has 0 aliphatic carbocycles. The van der Waals surface area contributed by atoms with E-state index in [9.17, 15) is 0 Å². The molecule has 0 fully saturated rings. The Labute approximate surface area is 108 Å². The van der Waals surface area contributed by atoms with E-state index in [1.807, 2.05) is 0 Å². The summed E-state index contributed by atoms with van der Waals surface area (Å²) in [5.74, 6) is 1.06. The Balaban J connectivity index is 2.71. The first-order valence-corrected chi connectivity index (χ1v) is 7.21. The monoisotopic (exact) mass is 257 g/mol. The molecule has 90 valence electrons. The number of benzene rings is 1. The van der Waals surface area contributed by atoms with Crippen LogP contribution in [0.1, 0.15) is 38.8 Å². The molecule has 0 bridgehead atoms. The quantitative estimate of drug-likeness (QED) is 0.753. The molecule has 1 nitrogen and oxygen atoms in total. The lowest BCUT2D eigenvalue weighted by Crippen LogP contribution is -2.19. The van der Waals surface area contributed by atoms with Gasteiger partial charge in [0.05, 0.1) is 5.02 Å². The second-order valence-electron chi connectivity index (χ2n) is 3.80. The fraction of sp³-hybridized carbons (Fsp3) is 0.538. The second kappa shape index (κ2) is 7.21. The van der Waals surface area contributed by atoms with E-state index in [2.05, 4.69) is 44.3 Å². The largest absolute Gasteiger partial charge is 0.310 e. The molecule has 1 aromatic carbocycles. The molecule has 0 aliphatic rings. The summed E-state index contributed by atoms with van der Waals surface area (Å²) in [6.07, 6.45) is 1.15. The van der Waals surface area contributed by atoms with E-state index >= 15 is 0 Å². The molecule has 3 heteroatoms. The van der Waals surface area contributed by atoms with Gasteiger partial charge in [0.25, 0.3) is 0 Å². The lowest BCUT2D eigenvalue weighted by molar-refractivity contribution is 0.570. The standard InChI is InChI=1S/C13H20ClNS/c1-4-8-15-10(3)11-6-7-13(16-5-2)12(14)9-11/h6-7,9-10,15H,4-5,8H2,1-3H3. The predicted molar refractivity (Wildman–Crippen MR) is 74.6 cm³/mol. The molecule has 0 spiro atoms. The minimum atomic E-state index is 0.373. The van der Waals surface area contributed by atoms with Gasteiger partial charge in [-0.05, 0) is 43.3 Å². The van der Waals surface area contributed by atoms with E-state index in [0.29, 0.717) is 6.04 Å². The average molecular weight is 258 g/mol. The minimum absolute atomic E-state index is 0.373. The van der Waals surface area contributed by atoms with Crippen molar-refractivity contribution in [2.24, 2.45) is 0 Å². The zero-order chi connectivity index (χ0) is 12.0. The smallest absolute Gasteiger partial charge is 0.0545 e. The van der Waals surface area contributed by atoms with Crippen molar-refractivity contribution >= 4 is 23.4 Å². The van der Waals surface area contributed by atoms with Gasteiger partial charge in [-0.1, -0.05) is 31.5 Å². The lowest BCUT2D eigenvalue weighted by atomic mass is 10.1. The second-order valence-corrected chi connectivity index (χ2v) is 5.51. The van der Waals surface area contributed by atoms with Crippen molar-refractivity contribution < 1.29 is 0 Å². The van der Waals surface area contributed by atoms with Gasteiger partial charge < -0.3 is 5.32 Å². The van der Waals surface area contributed by atoms with Crippen LogP contribution in [0.2, 0.25) is 5.02 Å². The molecule has 0 heterocycles. The Kier molecular flexibility index (Phi) is 6.25. The maximum Gasteiger partial charge on any atom is 0.0545 e. The van der Waals surface area contributed by atoms with Crippen molar-refractivity contribution in [3.05, 3.63) is 28.8 Å². The fourth-order valence-electron chi connectivity index (χ4n) is 1.54. The number of thioether (sulfide) groups is 1. The lowest BCUT2D eigenvalue weighted by Gasteiger charge is -2.14. The van der Waals surface area contributed by atoms with E-state index in [0.717, 1.165) is 23.7 Å². The highest BCUT2D eigenvalue weighted by molar-refractivity contribution is 7.99. The van der Waals surface area contributed by atoms with Crippen LogP contribution < -0.4 is 5.32 Å². The SMILES string of the molecule is CCCNC(C)c1ccc(SCC)c(Cl)c1. The summed E-state index contributed by atoms with van der Waals surface area (Å²) < 4.78 is 0. The highest BCUT2D eigenvalue weighted by atomic mass is 35.5. The molecular weight excluding hydrogens is 238 g/mol. The van der Waals surface area contributed by atoms with Crippen LogP contribution in [0, 0.1) is 0 Å². The van der Waals surface area contributed by atoms with Crippen LogP contribution in [0.3, 0.4) is 0 Å². The summed E-state index contributed by atoms with van der Waals surface area (Å²) >= 11 is 8.03. The van der Waals surface area contributed by atoms with E-state index in [1.54, 1.807) is 11.8 Å². The minimum Gasteiger partial charge on any atom is -0.310 e. The number of nitrogens with one attached hydrogen (secondary N) is 1. The average Bonchev–Trinajstić information content (AvgIpc) is 2.29. The third-order valence-corrected chi connectivity index (χ3v) is 3.84. The zero-order valence-corrected chi connectivity index (χ0v) is 11.8. The fourth-order valence-corrected chi connectivity index (χ4v) is 2.56. The number of hydrogen-bond acceptors (Lipinski definition) is 2. The topological polar surface area (TPSA) is 12.0 Å². The van der Waals surface area contributed by atoms with E-state index in [-0.39, 0.29) is 0 Å². The van der Waals surface area contributed by atoms with Crippen molar-refractivity contribution in [2.75, 3.05) is 12.3 Å². The van der Waals surface area contributed by atoms with Gasteiger partial charge in [-0.2, -0.15) is 0 Å². The summed E-state index contributed by atoms with van der Waals surface area (Å²) in [6.45, 7) is 7.53. The molecular formula is C13H20ClNS. The van der Waals surface area contributed by atoms with Gasteiger partial charge in [-0.3, -0.25) is 0 Å². The van der Waals surface area contributed by atoms with Crippen LogP contribution in [0.5, 0.6) is 0 Å². The van der Waals surface area contributed by atoms with Crippen LogP contribution >= 0.6 is 23.4 Å². The maximum absolute atomic E-state index is 6.24. The first kappa shape index (κ1) is 13.9. The molecule has 0 radical (unpaired) electrons. The van der Waals surface area contributed by atoms with Crippen molar-refractivity contribution in [1.82, 2.24) is 5.32 Å². The molecule has 0 amide bonds. The molecule has 0 saturated carbocycles. The van der Waals surface area contributed by atoms with E-state index < -0.39 is 0 Å². The van der Waals surface area contributed by atoms with Crippen molar-refractivity contribution in [1.29, 1.82) is 0 Å². The summed E-state index contributed by atoms with van der Waals surface area (Å²) in [5, 5.41) is 4.33. The molecule has 0 aliphatic heterocycles. The molecule has 1 atom stereocenters. The van der Waals surface area contributed by atoms with Crippen molar-refractivity contribution in [3.63, 3.8) is 0 Å². The van der Waals surface area contributed by atoms with Crippen LogP contribution in [-0.4, -0.2) is 12.3 Å². The van der Waals surface area contributed by atoms with Crippen LogP contribution in [0.25, 0.3) is 0 Å². The highest BCUT2D eigenvalue weighted by Crippen LogP contribution is 2.29. The Morgan fingerprint density at radius 3 is 2.69 bits per heavy atom. The van der Waals surface area contributed by atoms with Gasteiger partial charge in [-0.25, -0.2) is 0 Å². The van der Waals surface area contributed by atoms with Crippen molar-refractivity contribution in [3.8, 4) is 0 Å². The van der Waals surface area contributed by atoms with Gasteiger partial charge in [-0.15, -0.1) is 11.8 Å². The van der Waals surface area contributed by atoms with Gasteiger partial charge in [0.15, 0.2) is 0 Å². The summed E-state index contributed by atoms with van der Waals surface area (Å²) in [6, 6.07) is 6.73. The molecule has 1 N–H and O–H groups in total. The molecule has 1 aromatic rings. The molecule has 0 aromatic heterocycles. The number of hydrogen-bond donors (Lipinski definition) is 1. The zero-order valence-electron chi connectivity index (χ0n) is 10.2. The predicted octanol–water partition coefficient (Wildman–Crippen LogP) is 4.51. The third kappa shape index (κ3) is 4.00. The number of halogens is 1. The normalized spacial score (nSPS) is 12.8. The third-order valence-electron chi connectivity index (χ3n) is 2.46. The Morgan fingerprint density at radius 2 is 2.12 bits per heavy atom. The van der Waals surface area contributed by atoms with Gasteiger partial charge in [0.2, 0.25) is 0 Å². The van der Waals surface area contributed by atoms with Gasteiger partial charge in [0, 0.05) is 10.9 Å². The van der Waals surface area contributed by atoms with Crippen LogP contribution in [-0.2, 0) is 0 Å². The summed E-state index contributed by atoms with van der Waals surface area (Å²) in [7, 11) is 0. The first-order chi connectivity index (χ1) is 7.69. The maximum atomic E-state index is 6.24. The molecule has 1 rings (SSSR count). The van der Waals surface area contributed by atoms with Gasteiger partial charge >= 0.3 is 0 Å². The summed E-state index contributed by atoms with van der Waals surface area (Å²) in [5.41, 5.74) is 1.26. The van der Waals surface area contributed by atoms with Crippen LogP contribution in [0.15, 0.2) is 23.1 Å². The van der Waals surface area contributed by atoms with Gasteiger partial charge in [0.1, 0.15) is 0 Å². The highest BCUT2D eigenvalue weighted by Gasteiger charge is 2.07. The Bertz CT molecular complexity index is 328. The molecule has 1 unspecified atom stereocenters. The number of rotatable bonds is 6. The Morgan fingerprint density at radius 1 is 1.38 bits per heavy atom. The van der Waals surface area contributed by atoms with E-state index in [4.69, 9.17) is 11.6 Å². The first-order valence-electron chi connectivity index (χ1n) is 5.84. The summed E-state index contributed by atoms with van der Waals surface area (Å²) in [4.78, 5) is 1.18. The Hall–Kier alpha value is -0.180. The molecule has 16 heavy (non-hydrogen) atoms. The molecule has 0 saturated heterocycles. The van der Waals surface area contributed by atoms with Crippen molar-refractivity contribution in [2.45, 2.75) is 38.1 Å². The van der Waals surface area contributed by atoms with E-state index in [1.165, 1.54) is 10.5 Å².